The van der Waals surface area contributed by atoms with Gasteiger partial charge in [0, 0.05) is 5.56 Å². The molecule has 0 aliphatic rings. The van der Waals surface area contributed by atoms with E-state index >= 15 is 0 Å². The molecule has 0 saturated heterocycles. The van der Waals surface area contributed by atoms with Gasteiger partial charge in [0.1, 0.15) is 0 Å². The molecular formula is C23H20N4OS. The van der Waals surface area contributed by atoms with E-state index in [1.165, 1.54) is 22.9 Å². The number of tetrazole rings is 1. The second-order valence-electron chi connectivity index (χ2n) is 6.80. The molecule has 0 spiro atoms. The number of hydrogen-bond acceptors (Lipinski definition) is 5. The smallest absolute Gasteiger partial charge is 0.214 e. The summed E-state index contributed by atoms with van der Waals surface area (Å²) in [7, 11) is 0. The first-order valence-electron chi connectivity index (χ1n) is 9.29. The number of aryl methyl sites for hydroxylation is 2. The third kappa shape index (κ3) is 4.27. The number of nitrogens with zero attached hydrogens (tertiary/aromatic N) is 4. The van der Waals surface area contributed by atoms with E-state index in [1.807, 2.05) is 60.7 Å². The van der Waals surface area contributed by atoms with Crippen LogP contribution in [0.1, 0.15) is 21.5 Å². The van der Waals surface area contributed by atoms with Crippen molar-refractivity contribution in [2.24, 2.45) is 0 Å². The topological polar surface area (TPSA) is 60.7 Å². The molecule has 0 amide bonds. The lowest BCUT2D eigenvalue weighted by Crippen LogP contribution is -2.05. The van der Waals surface area contributed by atoms with Gasteiger partial charge in [-0.2, -0.15) is 4.68 Å². The fourth-order valence-electron chi connectivity index (χ4n) is 2.98. The molecule has 0 radical (unpaired) electrons. The van der Waals surface area contributed by atoms with Crippen LogP contribution in [0.4, 0.5) is 0 Å². The second-order valence-corrected chi connectivity index (χ2v) is 7.74. The van der Waals surface area contributed by atoms with Crippen molar-refractivity contribution in [3.8, 4) is 16.8 Å². The van der Waals surface area contributed by atoms with E-state index in [-0.39, 0.29) is 11.5 Å². The number of carbonyl (C=O) groups excluding carboxylic acids is 1. The highest BCUT2D eigenvalue weighted by Gasteiger charge is 2.13. The van der Waals surface area contributed by atoms with E-state index in [2.05, 4.69) is 41.5 Å². The van der Waals surface area contributed by atoms with E-state index in [0.29, 0.717) is 10.7 Å². The van der Waals surface area contributed by atoms with Gasteiger partial charge in [0.25, 0.3) is 0 Å². The number of carbonyl (C=O) groups is 1. The van der Waals surface area contributed by atoms with E-state index in [9.17, 15) is 4.79 Å². The maximum Gasteiger partial charge on any atom is 0.214 e. The molecule has 0 unspecified atom stereocenters. The Morgan fingerprint density at radius 2 is 1.62 bits per heavy atom. The van der Waals surface area contributed by atoms with E-state index in [1.54, 1.807) is 4.68 Å². The van der Waals surface area contributed by atoms with E-state index < -0.39 is 0 Å². The maximum absolute atomic E-state index is 12.6. The predicted molar refractivity (Wildman–Crippen MR) is 116 cm³/mol. The number of ketones is 1. The first kappa shape index (κ1) is 19.1. The maximum atomic E-state index is 12.6. The summed E-state index contributed by atoms with van der Waals surface area (Å²) < 4.78 is 1.67. The van der Waals surface area contributed by atoms with Gasteiger partial charge in [-0.3, -0.25) is 4.79 Å². The summed E-state index contributed by atoms with van der Waals surface area (Å²) in [4.78, 5) is 12.6. The quantitative estimate of drug-likeness (QED) is 0.340. The van der Waals surface area contributed by atoms with Gasteiger partial charge in [0.2, 0.25) is 5.16 Å². The Morgan fingerprint density at radius 1 is 0.897 bits per heavy atom. The first-order chi connectivity index (χ1) is 14.1. The Labute approximate surface area is 173 Å². The molecule has 1 heterocycles. The summed E-state index contributed by atoms with van der Waals surface area (Å²) >= 11 is 1.34. The lowest BCUT2D eigenvalue weighted by Gasteiger charge is -2.07. The summed E-state index contributed by atoms with van der Waals surface area (Å²) in [5, 5.41) is 12.5. The number of rotatable bonds is 6. The van der Waals surface area contributed by atoms with Gasteiger partial charge in [-0.1, -0.05) is 72.4 Å². The van der Waals surface area contributed by atoms with Crippen molar-refractivity contribution in [1.82, 2.24) is 20.2 Å². The molecule has 1 aromatic heterocycles. The zero-order valence-corrected chi connectivity index (χ0v) is 17.1. The standard InChI is InChI=1S/C23H20N4OS/c1-16-8-13-21(14-17(16)2)27-23(24-25-26-27)29-15-22(28)20-11-9-19(10-12-20)18-6-4-3-5-7-18/h3-14H,15H2,1-2H3. The van der Waals surface area contributed by atoms with Gasteiger partial charge in [-0.15, -0.1) is 5.10 Å². The molecule has 0 bridgehead atoms. The largest absolute Gasteiger partial charge is 0.293 e. The Morgan fingerprint density at radius 3 is 2.34 bits per heavy atom. The van der Waals surface area contributed by atoms with Gasteiger partial charge in [-0.25, -0.2) is 0 Å². The van der Waals surface area contributed by atoms with Gasteiger partial charge in [0.15, 0.2) is 5.78 Å². The van der Waals surface area contributed by atoms with Crippen LogP contribution < -0.4 is 0 Å². The monoisotopic (exact) mass is 400 g/mol. The van der Waals surface area contributed by atoms with Crippen molar-refractivity contribution in [1.29, 1.82) is 0 Å². The molecule has 5 nitrogen and oxygen atoms in total. The average Bonchev–Trinajstić information content (AvgIpc) is 3.23. The van der Waals surface area contributed by atoms with E-state index in [4.69, 9.17) is 0 Å². The molecule has 0 atom stereocenters. The van der Waals surface area contributed by atoms with Crippen LogP contribution in [0, 0.1) is 13.8 Å². The minimum Gasteiger partial charge on any atom is -0.293 e. The number of hydrogen-bond donors (Lipinski definition) is 0. The van der Waals surface area contributed by atoms with Gasteiger partial charge >= 0.3 is 0 Å². The SMILES string of the molecule is Cc1ccc(-n2nnnc2SCC(=O)c2ccc(-c3ccccc3)cc2)cc1C. The summed E-state index contributed by atoms with van der Waals surface area (Å²) in [5.74, 6) is 0.319. The molecular weight excluding hydrogens is 380 g/mol. The van der Waals surface area contributed by atoms with Gasteiger partial charge in [-0.05, 0) is 58.7 Å². The van der Waals surface area contributed by atoms with Crippen LogP contribution in [0.3, 0.4) is 0 Å². The van der Waals surface area contributed by atoms with Gasteiger partial charge < -0.3 is 0 Å². The van der Waals surface area contributed by atoms with Crippen molar-refractivity contribution in [3.05, 3.63) is 89.5 Å². The molecule has 3 aromatic carbocycles. The number of benzene rings is 3. The van der Waals surface area contributed by atoms with Crippen LogP contribution in [-0.2, 0) is 0 Å². The van der Waals surface area contributed by atoms with Gasteiger partial charge in [0.05, 0.1) is 11.4 Å². The molecule has 4 aromatic rings. The summed E-state index contributed by atoms with van der Waals surface area (Å²) in [6, 6.07) is 23.9. The van der Waals surface area contributed by atoms with Crippen LogP contribution in [0.2, 0.25) is 0 Å². The number of Topliss-reactive ketones (excluding diaryl/α,β-unsaturated/α-hetero) is 1. The Balaban J connectivity index is 1.45. The Hall–Kier alpha value is -3.25. The average molecular weight is 401 g/mol. The molecule has 0 saturated carbocycles. The van der Waals surface area contributed by atoms with Crippen molar-refractivity contribution < 1.29 is 4.79 Å². The fraction of sp³-hybridized carbons (Fsp3) is 0.130. The highest BCUT2D eigenvalue weighted by Crippen LogP contribution is 2.23. The lowest BCUT2D eigenvalue weighted by atomic mass is 10.0. The van der Waals surface area contributed by atoms with Crippen LogP contribution in [0.15, 0.2) is 78.0 Å². The number of aromatic nitrogens is 4. The summed E-state index contributed by atoms with van der Waals surface area (Å²) in [6.07, 6.45) is 0. The first-order valence-corrected chi connectivity index (χ1v) is 10.3. The summed E-state index contributed by atoms with van der Waals surface area (Å²) in [6.45, 7) is 4.12. The van der Waals surface area contributed by atoms with Crippen molar-refractivity contribution in [2.45, 2.75) is 19.0 Å². The van der Waals surface area contributed by atoms with Crippen LogP contribution in [0.25, 0.3) is 16.8 Å². The molecule has 6 heteroatoms. The zero-order chi connectivity index (χ0) is 20.2. The molecule has 29 heavy (non-hydrogen) atoms. The Bertz CT molecular complexity index is 1140. The number of thioether (sulfide) groups is 1. The minimum absolute atomic E-state index is 0.0456. The van der Waals surface area contributed by atoms with Crippen molar-refractivity contribution >= 4 is 17.5 Å². The molecule has 0 aliphatic heterocycles. The minimum atomic E-state index is 0.0456. The second kappa shape index (κ2) is 8.41. The molecule has 0 fully saturated rings. The molecule has 0 aliphatic carbocycles. The predicted octanol–water partition coefficient (Wildman–Crippen LogP) is 4.92. The fourth-order valence-corrected chi connectivity index (χ4v) is 3.77. The van der Waals surface area contributed by atoms with Crippen molar-refractivity contribution in [2.75, 3.05) is 5.75 Å². The highest BCUT2D eigenvalue weighted by atomic mass is 32.2. The summed E-state index contributed by atoms with van der Waals surface area (Å²) in [5.41, 5.74) is 6.18. The van der Waals surface area contributed by atoms with Crippen LogP contribution >= 0.6 is 11.8 Å². The third-order valence-electron chi connectivity index (χ3n) is 4.82. The highest BCUT2D eigenvalue weighted by molar-refractivity contribution is 7.99. The molecule has 4 rings (SSSR count). The zero-order valence-electron chi connectivity index (χ0n) is 16.2. The van der Waals surface area contributed by atoms with Crippen molar-refractivity contribution in [3.63, 3.8) is 0 Å². The normalized spacial score (nSPS) is 10.8. The lowest BCUT2D eigenvalue weighted by molar-refractivity contribution is 0.102. The van der Waals surface area contributed by atoms with E-state index in [0.717, 1.165) is 16.8 Å². The molecule has 0 N–H and O–H groups in total. The Kier molecular flexibility index (Phi) is 5.53. The third-order valence-corrected chi connectivity index (χ3v) is 5.74. The van der Waals surface area contributed by atoms with Crippen LogP contribution in [-0.4, -0.2) is 31.7 Å². The van der Waals surface area contributed by atoms with Crippen LogP contribution in [0.5, 0.6) is 0 Å². The molecule has 144 valence electrons.